The molecule has 0 atom stereocenters. The lowest BCUT2D eigenvalue weighted by Gasteiger charge is -2.27. The Bertz CT molecular complexity index is 1680. The van der Waals surface area contributed by atoms with E-state index in [2.05, 4.69) is 5.10 Å². The van der Waals surface area contributed by atoms with Crippen molar-refractivity contribution in [3.05, 3.63) is 101 Å². The van der Waals surface area contributed by atoms with Crippen LogP contribution in [0.2, 0.25) is 0 Å². The van der Waals surface area contributed by atoms with Crippen molar-refractivity contribution < 1.29 is 9.53 Å². The highest BCUT2D eigenvalue weighted by Gasteiger charge is 2.19. The first-order valence-corrected chi connectivity index (χ1v) is 12.2. The fourth-order valence-corrected chi connectivity index (χ4v) is 4.69. The van der Waals surface area contributed by atoms with Crippen molar-refractivity contribution >= 4 is 33.9 Å². The minimum Gasteiger partial charge on any atom is -0.378 e. The van der Waals surface area contributed by atoms with Crippen molar-refractivity contribution in [1.82, 2.24) is 19.1 Å². The average Bonchev–Trinajstić information content (AvgIpc) is 3.30. The van der Waals surface area contributed by atoms with Gasteiger partial charge in [-0.15, -0.1) is 0 Å². The molecule has 2 aromatic heterocycles. The van der Waals surface area contributed by atoms with Crippen molar-refractivity contribution in [2.24, 2.45) is 5.10 Å². The number of morpholine rings is 1. The first-order chi connectivity index (χ1) is 18.2. The first kappa shape index (κ1) is 22.9. The number of rotatable bonds is 5. The number of aromatic nitrogens is 3. The second kappa shape index (κ2) is 9.83. The van der Waals surface area contributed by atoms with Gasteiger partial charge in [0.05, 0.1) is 30.3 Å². The summed E-state index contributed by atoms with van der Waals surface area (Å²) >= 11 is 0. The smallest absolute Gasteiger partial charge is 0.282 e. The Hall–Kier alpha value is -4.56. The van der Waals surface area contributed by atoms with E-state index in [9.17, 15) is 9.59 Å². The topological polar surface area (TPSA) is 81.7 Å². The SMILES string of the molecule is O=C(Cn1cc(C=Nn2c(-c3ccccc3)nc3ccccc3c2=O)c2ccccc21)N1CCOCC1. The number of fused-ring (bicyclic) bond motifs is 2. The Morgan fingerprint density at radius 2 is 1.62 bits per heavy atom. The molecule has 184 valence electrons. The van der Waals surface area contributed by atoms with Crippen LogP contribution in [0.15, 0.2) is 95.0 Å². The molecule has 1 aliphatic rings. The molecule has 0 radical (unpaired) electrons. The second-order valence-electron chi connectivity index (χ2n) is 8.90. The van der Waals surface area contributed by atoms with Gasteiger partial charge in [0.25, 0.3) is 5.56 Å². The van der Waals surface area contributed by atoms with Crippen LogP contribution in [0.3, 0.4) is 0 Å². The molecular formula is C29H25N5O3. The number of hydrogen-bond acceptors (Lipinski definition) is 5. The van der Waals surface area contributed by atoms with Gasteiger partial charge in [0.1, 0.15) is 6.54 Å². The van der Waals surface area contributed by atoms with Gasteiger partial charge in [-0.3, -0.25) is 9.59 Å². The normalized spacial score (nSPS) is 14.1. The van der Waals surface area contributed by atoms with E-state index in [0.717, 1.165) is 22.0 Å². The maximum atomic E-state index is 13.5. The highest BCUT2D eigenvalue weighted by Crippen LogP contribution is 2.22. The summed E-state index contributed by atoms with van der Waals surface area (Å²) in [4.78, 5) is 33.0. The van der Waals surface area contributed by atoms with Gasteiger partial charge in [0.2, 0.25) is 5.91 Å². The van der Waals surface area contributed by atoms with E-state index in [0.29, 0.717) is 43.0 Å². The number of carbonyl (C=O) groups is 1. The van der Waals surface area contributed by atoms with Gasteiger partial charge >= 0.3 is 0 Å². The molecule has 3 aromatic carbocycles. The fourth-order valence-electron chi connectivity index (χ4n) is 4.69. The van der Waals surface area contributed by atoms with Crippen LogP contribution in [0.5, 0.6) is 0 Å². The van der Waals surface area contributed by atoms with Crippen LogP contribution in [0.25, 0.3) is 33.2 Å². The number of para-hydroxylation sites is 2. The molecule has 0 bridgehead atoms. The Kier molecular flexibility index (Phi) is 6.08. The molecule has 8 nitrogen and oxygen atoms in total. The van der Waals surface area contributed by atoms with Crippen LogP contribution in [0.4, 0.5) is 0 Å². The van der Waals surface area contributed by atoms with Crippen LogP contribution in [0, 0.1) is 0 Å². The highest BCUT2D eigenvalue weighted by molar-refractivity contribution is 6.00. The molecule has 1 saturated heterocycles. The molecule has 5 aromatic rings. The van der Waals surface area contributed by atoms with Gasteiger partial charge in [-0.25, -0.2) is 4.98 Å². The maximum Gasteiger partial charge on any atom is 0.282 e. The molecule has 1 aliphatic heterocycles. The van der Waals surface area contributed by atoms with Crippen molar-refractivity contribution in [2.75, 3.05) is 26.3 Å². The van der Waals surface area contributed by atoms with Crippen LogP contribution in [0.1, 0.15) is 5.56 Å². The molecule has 1 fully saturated rings. The number of hydrogen-bond donors (Lipinski definition) is 0. The summed E-state index contributed by atoms with van der Waals surface area (Å²) in [6.07, 6.45) is 3.58. The third kappa shape index (κ3) is 4.43. The molecule has 6 rings (SSSR count). The number of carbonyl (C=O) groups excluding carboxylic acids is 1. The van der Waals surface area contributed by atoms with E-state index in [1.165, 1.54) is 4.68 Å². The third-order valence-electron chi connectivity index (χ3n) is 6.59. The number of amides is 1. The largest absolute Gasteiger partial charge is 0.378 e. The molecule has 1 amide bonds. The minimum absolute atomic E-state index is 0.0499. The molecule has 0 unspecified atom stereocenters. The van der Waals surface area contributed by atoms with E-state index in [1.54, 1.807) is 12.3 Å². The molecule has 37 heavy (non-hydrogen) atoms. The molecular weight excluding hydrogens is 466 g/mol. The van der Waals surface area contributed by atoms with Gasteiger partial charge in [-0.2, -0.15) is 9.78 Å². The van der Waals surface area contributed by atoms with E-state index in [4.69, 9.17) is 9.72 Å². The Labute approximate surface area is 213 Å². The van der Waals surface area contributed by atoms with Crippen molar-refractivity contribution in [3.8, 4) is 11.4 Å². The standard InChI is InChI=1S/C29H25N5O3/c35-27(32-14-16-37-17-15-32)20-33-19-22(23-10-5-7-13-26(23)33)18-30-34-28(21-8-2-1-3-9-21)31-25-12-6-4-11-24(25)29(34)36/h1-13,18-19H,14-17,20H2. The van der Waals surface area contributed by atoms with E-state index in [1.807, 2.05) is 88.5 Å². The summed E-state index contributed by atoms with van der Waals surface area (Å²) in [5.41, 5.74) is 2.91. The third-order valence-corrected chi connectivity index (χ3v) is 6.59. The number of ether oxygens (including phenoxy) is 1. The van der Waals surface area contributed by atoms with Crippen LogP contribution in [-0.2, 0) is 16.1 Å². The zero-order chi connectivity index (χ0) is 25.2. The molecule has 0 spiro atoms. The van der Waals surface area contributed by atoms with Crippen LogP contribution < -0.4 is 5.56 Å². The number of benzene rings is 3. The van der Waals surface area contributed by atoms with Gasteiger partial charge in [0, 0.05) is 41.3 Å². The van der Waals surface area contributed by atoms with Gasteiger partial charge < -0.3 is 14.2 Å². The minimum atomic E-state index is -0.244. The monoisotopic (exact) mass is 491 g/mol. The first-order valence-electron chi connectivity index (χ1n) is 12.2. The zero-order valence-corrected chi connectivity index (χ0v) is 20.2. The quantitative estimate of drug-likeness (QED) is 0.351. The summed E-state index contributed by atoms with van der Waals surface area (Å²) in [5.74, 6) is 0.514. The molecule has 0 saturated carbocycles. The van der Waals surface area contributed by atoms with Gasteiger partial charge in [0.15, 0.2) is 5.82 Å². The van der Waals surface area contributed by atoms with Crippen molar-refractivity contribution in [1.29, 1.82) is 0 Å². The summed E-state index contributed by atoms with van der Waals surface area (Å²) in [5, 5.41) is 6.07. The molecule has 3 heterocycles. The average molecular weight is 492 g/mol. The summed E-state index contributed by atoms with van der Waals surface area (Å²) in [6.45, 7) is 2.56. The zero-order valence-electron chi connectivity index (χ0n) is 20.2. The van der Waals surface area contributed by atoms with Gasteiger partial charge in [-0.1, -0.05) is 60.7 Å². The van der Waals surface area contributed by atoms with E-state index in [-0.39, 0.29) is 18.0 Å². The molecule has 8 heteroatoms. The van der Waals surface area contributed by atoms with Crippen molar-refractivity contribution in [2.45, 2.75) is 6.54 Å². The summed E-state index contributed by atoms with van der Waals surface area (Å²) < 4.78 is 8.66. The molecule has 0 N–H and O–H groups in total. The highest BCUT2D eigenvalue weighted by atomic mass is 16.5. The van der Waals surface area contributed by atoms with Crippen molar-refractivity contribution in [3.63, 3.8) is 0 Å². The lowest BCUT2D eigenvalue weighted by molar-refractivity contribution is -0.135. The Balaban J connectivity index is 1.42. The summed E-state index contributed by atoms with van der Waals surface area (Å²) in [7, 11) is 0. The lowest BCUT2D eigenvalue weighted by atomic mass is 10.2. The Morgan fingerprint density at radius 1 is 0.919 bits per heavy atom. The van der Waals surface area contributed by atoms with Crippen LogP contribution in [-0.4, -0.2) is 57.6 Å². The second-order valence-corrected chi connectivity index (χ2v) is 8.90. The van der Waals surface area contributed by atoms with Gasteiger partial charge in [-0.05, 0) is 18.2 Å². The fraction of sp³-hybridized carbons (Fsp3) is 0.172. The predicted octanol–water partition coefficient (Wildman–Crippen LogP) is 3.76. The Morgan fingerprint density at radius 3 is 2.43 bits per heavy atom. The predicted molar refractivity (Wildman–Crippen MR) is 144 cm³/mol. The van der Waals surface area contributed by atoms with Crippen LogP contribution >= 0.6 is 0 Å². The van der Waals surface area contributed by atoms with E-state index >= 15 is 0 Å². The number of nitrogens with zero attached hydrogens (tertiary/aromatic N) is 5. The van der Waals surface area contributed by atoms with E-state index < -0.39 is 0 Å². The molecule has 0 aliphatic carbocycles. The summed E-state index contributed by atoms with van der Waals surface area (Å²) in [6, 6.07) is 24.7. The maximum absolute atomic E-state index is 13.5. The lowest BCUT2D eigenvalue weighted by Crippen LogP contribution is -2.42.